The van der Waals surface area contributed by atoms with E-state index in [4.69, 9.17) is 4.74 Å². The molecule has 0 N–H and O–H groups in total. The summed E-state index contributed by atoms with van der Waals surface area (Å²) in [5, 5.41) is 3.09. The van der Waals surface area contributed by atoms with Gasteiger partial charge in [0.2, 0.25) is 5.78 Å². The monoisotopic (exact) mass is 535 g/mol. The van der Waals surface area contributed by atoms with Crippen LogP contribution in [0.4, 0.5) is 0 Å². The van der Waals surface area contributed by atoms with E-state index in [1.807, 2.05) is 66.1 Å². The molecule has 0 saturated heterocycles. The first kappa shape index (κ1) is 24.5. The van der Waals surface area contributed by atoms with Crippen LogP contribution < -0.4 is 0 Å². The lowest BCUT2D eigenvalue weighted by Gasteiger charge is -2.05. The lowest BCUT2D eigenvalue weighted by atomic mass is 10.1. The van der Waals surface area contributed by atoms with Gasteiger partial charge in [-0.25, -0.2) is 4.79 Å². The molecular formula is C32H25NO3S2. The number of carbonyl (C=O) groups is 2. The van der Waals surface area contributed by atoms with E-state index >= 15 is 0 Å². The highest BCUT2D eigenvalue weighted by molar-refractivity contribution is 8.00. The van der Waals surface area contributed by atoms with Crippen LogP contribution in [0.1, 0.15) is 43.6 Å². The molecule has 0 aliphatic rings. The van der Waals surface area contributed by atoms with Crippen molar-refractivity contribution in [2.75, 3.05) is 6.61 Å². The number of aromatic nitrogens is 1. The van der Waals surface area contributed by atoms with Crippen LogP contribution >= 0.6 is 23.1 Å². The number of nitrogens with zero attached hydrogens (tertiary/aromatic N) is 1. The summed E-state index contributed by atoms with van der Waals surface area (Å²) in [6.07, 6.45) is 1.99. The zero-order chi connectivity index (χ0) is 26.2. The van der Waals surface area contributed by atoms with Gasteiger partial charge in [-0.2, -0.15) is 0 Å². The highest BCUT2D eigenvalue weighted by Gasteiger charge is 2.29. The number of aryl methyl sites for hydroxylation is 1. The molecule has 38 heavy (non-hydrogen) atoms. The second-order valence-electron chi connectivity index (χ2n) is 9.16. The fourth-order valence-electron chi connectivity index (χ4n) is 4.84. The minimum absolute atomic E-state index is 0.0867. The Kier molecular flexibility index (Phi) is 6.52. The normalized spacial score (nSPS) is 11.4. The summed E-state index contributed by atoms with van der Waals surface area (Å²) in [5.41, 5.74) is 4.94. The molecule has 0 spiro atoms. The number of hydrogen-bond acceptors (Lipinski definition) is 5. The zero-order valence-corrected chi connectivity index (χ0v) is 22.7. The van der Waals surface area contributed by atoms with Gasteiger partial charge in [0.25, 0.3) is 0 Å². The molecule has 0 amide bonds. The topological polar surface area (TPSA) is 47.8 Å². The van der Waals surface area contributed by atoms with Crippen molar-refractivity contribution in [3.63, 3.8) is 0 Å². The van der Waals surface area contributed by atoms with E-state index in [1.165, 1.54) is 27.7 Å². The van der Waals surface area contributed by atoms with Gasteiger partial charge in [-0.1, -0.05) is 72.8 Å². The van der Waals surface area contributed by atoms with E-state index in [2.05, 4.69) is 36.4 Å². The van der Waals surface area contributed by atoms with Crippen molar-refractivity contribution < 1.29 is 14.3 Å². The first-order valence-corrected chi connectivity index (χ1v) is 14.3. The Hall–Kier alpha value is -3.87. The molecule has 3 aromatic heterocycles. The van der Waals surface area contributed by atoms with Crippen molar-refractivity contribution in [2.45, 2.75) is 23.8 Å². The largest absolute Gasteiger partial charge is 0.462 e. The van der Waals surface area contributed by atoms with Gasteiger partial charge in [0.1, 0.15) is 0 Å². The van der Waals surface area contributed by atoms with E-state index in [0.717, 1.165) is 26.6 Å². The Balaban J connectivity index is 1.54. The Morgan fingerprint density at radius 2 is 1.68 bits per heavy atom. The average molecular weight is 536 g/mol. The number of benzene rings is 3. The summed E-state index contributed by atoms with van der Waals surface area (Å²) < 4.78 is 8.54. The standard InChI is InChI=1S/C32H25NO3S2/c1-3-36-31(35)26-25-17-20(2)15-16-33(25)28-27(26)30(29(34)23-10-5-4-6-11-23)38-32(28)37-19-21-13-14-22-9-7-8-12-24(22)18-21/h4-18H,3,19H2,1-2H3. The maximum Gasteiger partial charge on any atom is 0.341 e. The molecule has 6 aromatic rings. The van der Waals surface area contributed by atoms with Gasteiger partial charge in [-0.05, 0) is 47.9 Å². The summed E-state index contributed by atoms with van der Waals surface area (Å²) in [4.78, 5) is 27.7. The number of esters is 1. The minimum Gasteiger partial charge on any atom is -0.462 e. The zero-order valence-electron chi connectivity index (χ0n) is 21.1. The maximum absolute atomic E-state index is 13.8. The molecule has 0 atom stereocenters. The summed E-state index contributed by atoms with van der Waals surface area (Å²) in [7, 11) is 0. The fraction of sp³-hybridized carbons (Fsp3) is 0.125. The Labute approximate surface area is 228 Å². The number of pyridine rings is 1. The molecule has 0 unspecified atom stereocenters. The van der Waals surface area contributed by atoms with Gasteiger partial charge in [-0.15, -0.1) is 23.1 Å². The molecule has 0 radical (unpaired) electrons. The van der Waals surface area contributed by atoms with Crippen molar-refractivity contribution >= 4 is 62.0 Å². The van der Waals surface area contributed by atoms with Crippen LogP contribution in [0.3, 0.4) is 0 Å². The fourth-order valence-corrected chi connectivity index (χ4v) is 7.31. The smallest absolute Gasteiger partial charge is 0.341 e. The highest BCUT2D eigenvalue weighted by Crippen LogP contribution is 2.45. The van der Waals surface area contributed by atoms with Crippen LogP contribution in [0.15, 0.2) is 95.3 Å². The molecule has 0 bridgehead atoms. The third-order valence-corrected chi connectivity index (χ3v) is 9.12. The van der Waals surface area contributed by atoms with E-state index in [0.29, 0.717) is 21.4 Å². The number of carbonyl (C=O) groups excluding carboxylic acids is 2. The molecule has 4 nitrogen and oxygen atoms in total. The highest BCUT2D eigenvalue weighted by atomic mass is 32.2. The number of rotatable bonds is 7. The van der Waals surface area contributed by atoms with Gasteiger partial charge in [-0.3, -0.25) is 4.79 Å². The van der Waals surface area contributed by atoms with Crippen LogP contribution in [0.5, 0.6) is 0 Å². The number of thiophene rings is 1. The quantitative estimate of drug-likeness (QED) is 0.117. The van der Waals surface area contributed by atoms with Crippen molar-refractivity contribution in [3.8, 4) is 0 Å². The van der Waals surface area contributed by atoms with Gasteiger partial charge in [0.05, 0.1) is 32.3 Å². The predicted octanol–water partition coefficient (Wildman–Crippen LogP) is 8.32. The Morgan fingerprint density at radius 1 is 0.921 bits per heavy atom. The number of hydrogen-bond donors (Lipinski definition) is 0. The summed E-state index contributed by atoms with van der Waals surface area (Å²) in [5.74, 6) is 0.251. The van der Waals surface area contributed by atoms with Crippen LogP contribution in [0, 0.1) is 6.92 Å². The van der Waals surface area contributed by atoms with E-state index in [-0.39, 0.29) is 12.4 Å². The second kappa shape index (κ2) is 10.1. The van der Waals surface area contributed by atoms with Gasteiger partial charge in [0, 0.05) is 22.9 Å². The second-order valence-corrected chi connectivity index (χ2v) is 11.4. The molecular weight excluding hydrogens is 510 g/mol. The van der Waals surface area contributed by atoms with Crippen LogP contribution in [0.2, 0.25) is 0 Å². The molecule has 6 rings (SSSR count). The number of fused-ring (bicyclic) bond motifs is 4. The predicted molar refractivity (Wildman–Crippen MR) is 157 cm³/mol. The van der Waals surface area contributed by atoms with Crippen LogP contribution in [-0.2, 0) is 10.5 Å². The van der Waals surface area contributed by atoms with Crippen molar-refractivity contribution in [1.82, 2.24) is 4.40 Å². The Morgan fingerprint density at radius 3 is 2.47 bits per heavy atom. The summed E-state index contributed by atoms with van der Waals surface area (Å²) in [6, 6.07) is 28.1. The number of ether oxygens (including phenoxy) is 1. The SMILES string of the molecule is CCOC(=O)c1c2c(C(=O)c3ccccc3)sc(SCc3ccc4ccccc4c3)c2n2ccc(C)cc12. The van der Waals surface area contributed by atoms with Crippen LogP contribution in [0.25, 0.3) is 27.2 Å². The first-order valence-electron chi connectivity index (χ1n) is 12.5. The van der Waals surface area contributed by atoms with Crippen molar-refractivity contribution in [2.24, 2.45) is 0 Å². The molecule has 0 saturated carbocycles. The van der Waals surface area contributed by atoms with E-state index in [9.17, 15) is 9.59 Å². The minimum atomic E-state index is -0.406. The third kappa shape index (κ3) is 4.30. The summed E-state index contributed by atoms with van der Waals surface area (Å²) in [6.45, 7) is 4.06. The maximum atomic E-state index is 13.8. The Bertz CT molecular complexity index is 1830. The lowest BCUT2D eigenvalue weighted by molar-refractivity contribution is 0.0531. The third-order valence-electron chi connectivity index (χ3n) is 6.62. The van der Waals surface area contributed by atoms with Gasteiger partial charge >= 0.3 is 5.97 Å². The van der Waals surface area contributed by atoms with Crippen molar-refractivity contribution in [3.05, 3.63) is 118 Å². The molecule has 0 aliphatic carbocycles. The average Bonchev–Trinajstić information content (AvgIpc) is 3.47. The molecule has 188 valence electrons. The molecule has 3 aromatic carbocycles. The van der Waals surface area contributed by atoms with E-state index < -0.39 is 5.97 Å². The molecule has 0 fully saturated rings. The van der Waals surface area contributed by atoms with Gasteiger partial charge in [0.15, 0.2) is 0 Å². The molecule has 6 heteroatoms. The van der Waals surface area contributed by atoms with Crippen LogP contribution in [-0.4, -0.2) is 22.8 Å². The lowest BCUT2D eigenvalue weighted by Crippen LogP contribution is -2.06. The molecule has 3 heterocycles. The van der Waals surface area contributed by atoms with Gasteiger partial charge < -0.3 is 9.14 Å². The summed E-state index contributed by atoms with van der Waals surface area (Å²) >= 11 is 3.15. The molecule has 0 aliphatic heterocycles. The van der Waals surface area contributed by atoms with Crippen molar-refractivity contribution in [1.29, 1.82) is 0 Å². The van der Waals surface area contributed by atoms with E-state index in [1.54, 1.807) is 18.7 Å². The number of ketones is 1. The first-order chi connectivity index (χ1) is 18.5. The number of thioether (sulfide) groups is 1.